The Hall–Kier alpha value is -6.12. The normalized spacial score (nSPS) is 13.9. The van der Waals surface area contributed by atoms with Crippen LogP contribution in [0.25, 0.3) is 65.7 Å². The molecule has 1 aromatic heterocycles. The van der Waals surface area contributed by atoms with Crippen LogP contribution in [0.4, 0.5) is 17.1 Å². The van der Waals surface area contributed by atoms with Gasteiger partial charge in [-0.3, -0.25) is 0 Å². The van der Waals surface area contributed by atoms with Gasteiger partial charge in [-0.2, -0.15) is 0 Å². The minimum absolute atomic E-state index is 0.0442. The van der Waals surface area contributed by atoms with E-state index in [1.807, 2.05) is 97.1 Å². The van der Waals surface area contributed by atoms with Gasteiger partial charge >= 0.3 is 0 Å². The van der Waals surface area contributed by atoms with E-state index < -0.39 is 12.1 Å². The lowest BCUT2D eigenvalue weighted by atomic mass is 9.98. The second-order valence-corrected chi connectivity index (χ2v) is 11.1. The highest BCUT2D eigenvalue weighted by molar-refractivity contribution is 6.09. The number of para-hydroxylation sites is 2. The summed E-state index contributed by atoms with van der Waals surface area (Å²) in [5, 5.41) is 4.99. The monoisotopic (exact) mass is 595 g/mol. The second kappa shape index (κ2) is 10.8. The van der Waals surface area contributed by atoms with Crippen molar-refractivity contribution in [1.82, 2.24) is 0 Å². The number of fused-ring (bicyclic) bond motifs is 5. The number of rotatable bonds is 5. The van der Waals surface area contributed by atoms with Crippen LogP contribution in [0.15, 0.2) is 180 Å². The van der Waals surface area contributed by atoms with Gasteiger partial charge in [-0.05, 0) is 80.6 Å². The van der Waals surface area contributed by atoms with Crippen molar-refractivity contribution in [3.8, 4) is 22.3 Å². The first-order valence-corrected chi connectivity index (χ1v) is 15.0. The van der Waals surface area contributed by atoms with Gasteiger partial charge in [0.05, 0.1) is 11.0 Å². The molecule has 1 heterocycles. The lowest BCUT2D eigenvalue weighted by Gasteiger charge is -2.26. The molecule has 46 heavy (non-hydrogen) atoms. The Kier molecular flexibility index (Phi) is 4.53. The van der Waals surface area contributed by atoms with Crippen molar-refractivity contribution < 1.29 is 15.4 Å². The lowest BCUT2D eigenvalue weighted by Crippen LogP contribution is -2.09. The quantitative estimate of drug-likeness (QED) is 0.197. The fourth-order valence-electron chi connectivity index (χ4n) is 6.18. The Morgan fingerprint density at radius 1 is 0.413 bits per heavy atom. The van der Waals surface area contributed by atoms with Gasteiger partial charge in [-0.25, -0.2) is 0 Å². The summed E-state index contributed by atoms with van der Waals surface area (Å²) in [6, 6.07) is 36.0. The third kappa shape index (κ3) is 4.43. The van der Waals surface area contributed by atoms with Gasteiger partial charge in [0.2, 0.25) is 0 Å². The first-order chi connectivity index (χ1) is 26.2. The molecule has 0 fully saturated rings. The summed E-state index contributed by atoms with van der Waals surface area (Å²) >= 11 is 0. The zero-order valence-electron chi connectivity index (χ0n) is 32.5. The molecule has 0 radical (unpaired) electrons. The third-order valence-electron chi connectivity index (χ3n) is 8.39. The molecule has 9 aromatic rings. The summed E-state index contributed by atoms with van der Waals surface area (Å²) in [5.41, 5.74) is 2.11. The van der Waals surface area contributed by atoms with Crippen LogP contribution in [0.2, 0.25) is 0 Å². The highest BCUT2D eigenvalue weighted by Gasteiger charge is 2.16. The molecule has 0 saturated carbocycles. The Morgan fingerprint density at radius 3 is 1.76 bits per heavy atom. The van der Waals surface area contributed by atoms with Gasteiger partial charge in [-0.1, -0.05) is 133 Å². The van der Waals surface area contributed by atoms with Gasteiger partial charge in [0.15, 0.2) is 0 Å². The van der Waals surface area contributed by atoms with Crippen molar-refractivity contribution in [3.05, 3.63) is 176 Å². The summed E-state index contributed by atoms with van der Waals surface area (Å²) in [6.45, 7) is 0. The molecule has 0 bridgehead atoms. The molecule has 0 amide bonds. The predicted molar refractivity (Wildman–Crippen MR) is 194 cm³/mol. The van der Waals surface area contributed by atoms with Crippen molar-refractivity contribution in [2.45, 2.75) is 0 Å². The summed E-state index contributed by atoms with van der Waals surface area (Å²) in [4.78, 5) is 1.34. The van der Waals surface area contributed by atoms with Crippen LogP contribution in [-0.4, -0.2) is 0 Å². The molecular weight excluding hydrogens is 558 g/mol. The predicted octanol–water partition coefficient (Wildman–Crippen LogP) is 12.7. The molecule has 9 rings (SSSR count). The summed E-state index contributed by atoms with van der Waals surface area (Å²) in [6.07, 6.45) is 0. The number of hydrogen-bond acceptors (Lipinski definition) is 2. The smallest absolute Gasteiger partial charge is 0.143 e. The maximum absolute atomic E-state index is 9.47. The number of benzene rings is 8. The highest BCUT2D eigenvalue weighted by Crippen LogP contribution is 2.40. The zero-order chi connectivity index (χ0) is 37.4. The Morgan fingerprint density at radius 2 is 0.978 bits per heavy atom. The van der Waals surface area contributed by atoms with E-state index >= 15 is 0 Å². The standard InChI is InChI=1S/C44H29NO/c1-2-11-34-29-37(28-19-30(34)9-1)45(35-24-20-32(21-25-35)39-15-7-12-31-10-3-4-13-38(31)39)36-26-22-33(23-27-36)40-16-8-17-42-41-14-5-6-18-43(41)46-44(40)42/h1-29H/i20D,21D,22D,23D,24D,25D,26D,27D. The van der Waals surface area contributed by atoms with Crippen molar-refractivity contribution in [2.24, 2.45) is 0 Å². The molecule has 8 aromatic carbocycles. The van der Waals surface area contributed by atoms with E-state index in [1.165, 1.54) is 4.90 Å². The summed E-state index contributed by atoms with van der Waals surface area (Å²) in [7, 11) is 0. The van der Waals surface area contributed by atoms with Crippen LogP contribution in [0.5, 0.6) is 0 Å². The van der Waals surface area contributed by atoms with E-state index in [-0.39, 0.29) is 58.8 Å². The minimum atomic E-state index is -0.415. The van der Waals surface area contributed by atoms with Crippen molar-refractivity contribution in [2.75, 3.05) is 4.90 Å². The molecule has 0 spiro atoms. The average Bonchev–Trinajstić information content (AvgIpc) is 3.58. The molecule has 0 N–H and O–H groups in total. The zero-order valence-corrected chi connectivity index (χ0v) is 24.5. The number of anilines is 3. The fourth-order valence-corrected chi connectivity index (χ4v) is 6.18. The molecule has 0 aliphatic rings. The Bertz CT molecular complexity index is 2950. The van der Waals surface area contributed by atoms with Crippen molar-refractivity contribution >= 4 is 60.5 Å². The van der Waals surface area contributed by atoms with Crippen LogP contribution < -0.4 is 4.90 Å². The molecule has 216 valence electrons. The molecular formula is C44H29NO. The second-order valence-electron chi connectivity index (χ2n) is 11.1. The van der Waals surface area contributed by atoms with Gasteiger partial charge in [0.25, 0.3) is 0 Å². The first-order valence-electron chi connectivity index (χ1n) is 19.0. The van der Waals surface area contributed by atoms with E-state index in [0.717, 1.165) is 32.3 Å². The van der Waals surface area contributed by atoms with E-state index in [2.05, 4.69) is 0 Å². The molecule has 2 heteroatoms. The van der Waals surface area contributed by atoms with Gasteiger partial charge < -0.3 is 9.32 Å². The molecule has 0 aliphatic heterocycles. The minimum Gasteiger partial charge on any atom is -0.455 e. The SMILES string of the molecule is [2H]c1c([2H])c(N(c2ccc3ccccc3c2)c2c([2H])c([2H])c(-c3cccc4c3oc3ccccc34)c([2H])c2[2H])c([2H])c([2H])c1-c1cccc2ccccc12. The third-order valence-corrected chi connectivity index (χ3v) is 8.39. The number of hydrogen-bond donors (Lipinski definition) is 0. The van der Waals surface area contributed by atoms with E-state index in [9.17, 15) is 11.0 Å². The van der Waals surface area contributed by atoms with Crippen LogP contribution in [-0.2, 0) is 0 Å². The van der Waals surface area contributed by atoms with Crippen molar-refractivity contribution in [3.63, 3.8) is 0 Å². The van der Waals surface area contributed by atoms with Gasteiger partial charge in [0, 0.05) is 33.4 Å². The number of nitrogens with zero attached hydrogens (tertiary/aromatic N) is 1. The number of furan rings is 1. The largest absolute Gasteiger partial charge is 0.455 e. The lowest BCUT2D eigenvalue weighted by molar-refractivity contribution is 0.670. The van der Waals surface area contributed by atoms with Gasteiger partial charge in [-0.15, -0.1) is 0 Å². The van der Waals surface area contributed by atoms with Crippen LogP contribution >= 0.6 is 0 Å². The topological polar surface area (TPSA) is 16.4 Å². The summed E-state index contributed by atoms with van der Waals surface area (Å²) in [5.74, 6) is 0. The van der Waals surface area contributed by atoms with Crippen LogP contribution in [0, 0.1) is 0 Å². The van der Waals surface area contributed by atoms with E-state index in [4.69, 9.17) is 4.42 Å². The average molecular weight is 596 g/mol. The van der Waals surface area contributed by atoms with Crippen LogP contribution in [0.1, 0.15) is 11.0 Å². The molecule has 0 unspecified atom stereocenters. The van der Waals surface area contributed by atoms with Gasteiger partial charge in [0.1, 0.15) is 11.2 Å². The molecule has 0 aliphatic carbocycles. The fraction of sp³-hybridized carbons (Fsp3) is 0. The Labute approximate surface area is 278 Å². The maximum Gasteiger partial charge on any atom is 0.143 e. The Balaban J connectivity index is 1.33. The highest BCUT2D eigenvalue weighted by atomic mass is 16.3. The van der Waals surface area contributed by atoms with E-state index in [1.54, 1.807) is 30.3 Å². The molecule has 2 nitrogen and oxygen atoms in total. The van der Waals surface area contributed by atoms with Crippen LogP contribution in [0.3, 0.4) is 0 Å². The van der Waals surface area contributed by atoms with Crippen molar-refractivity contribution in [1.29, 1.82) is 0 Å². The first kappa shape index (κ1) is 19.3. The molecule has 0 saturated heterocycles. The summed E-state index contributed by atoms with van der Waals surface area (Å²) < 4.78 is 81.3. The van der Waals surface area contributed by atoms with E-state index in [0.29, 0.717) is 28.0 Å². The maximum atomic E-state index is 9.47. The molecule has 0 atom stereocenters.